The monoisotopic (exact) mass is 498 g/mol. The molecule has 34 heavy (non-hydrogen) atoms. The molecule has 1 aromatic heterocycles. The molecule has 0 N–H and O–H groups in total. The van der Waals surface area contributed by atoms with E-state index in [1.165, 1.54) is 11.3 Å². The third-order valence-corrected chi connectivity index (χ3v) is 7.47. The predicted octanol–water partition coefficient (Wildman–Crippen LogP) is 5.54. The van der Waals surface area contributed by atoms with Gasteiger partial charge in [-0.3, -0.25) is 14.4 Å². The molecule has 8 heteroatoms. The van der Waals surface area contributed by atoms with Gasteiger partial charge in [0.1, 0.15) is 5.54 Å². The summed E-state index contributed by atoms with van der Waals surface area (Å²) in [4.78, 5) is 42.5. The number of carbonyl (C=O) groups excluding carboxylic acids is 3. The number of nitrogens with zero attached hydrogens (tertiary/aromatic N) is 2. The van der Waals surface area contributed by atoms with Gasteiger partial charge in [-0.15, -0.1) is 11.3 Å². The summed E-state index contributed by atoms with van der Waals surface area (Å²) in [7, 11) is 0. The number of likely N-dealkylation sites (tertiary alicyclic amines) is 1. The van der Waals surface area contributed by atoms with Gasteiger partial charge in [-0.05, 0) is 51.0 Å². The maximum Gasteiger partial charge on any atom is 0.305 e. The van der Waals surface area contributed by atoms with Crippen molar-refractivity contribution in [1.82, 2.24) is 4.90 Å². The lowest BCUT2D eigenvalue weighted by Crippen LogP contribution is -2.68. The van der Waals surface area contributed by atoms with Crippen LogP contribution in [0.1, 0.15) is 43.5 Å². The van der Waals surface area contributed by atoms with Crippen molar-refractivity contribution in [3.05, 3.63) is 64.5 Å². The fourth-order valence-electron chi connectivity index (χ4n) is 4.29. The van der Waals surface area contributed by atoms with Gasteiger partial charge in [0.2, 0.25) is 0 Å². The molecule has 1 saturated heterocycles. The number of halogens is 1. The Hall–Kier alpha value is -2.90. The molecule has 0 spiro atoms. The van der Waals surface area contributed by atoms with E-state index in [1.807, 2.05) is 42.6 Å². The Balaban J connectivity index is 1.58. The highest BCUT2D eigenvalue weighted by Crippen LogP contribution is 2.37. The normalized spacial score (nSPS) is 17.3. The number of hydrogen-bond donors (Lipinski definition) is 0. The van der Waals surface area contributed by atoms with Crippen LogP contribution in [0, 0.1) is 0 Å². The first kappa shape index (κ1) is 24.2. The van der Waals surface area contributed by atoms with E-state index in [4.69, 9.17) is 16.3 Å². The molecule has 0 aliphatic carbocycles. The lowest BCUT2D eigenvalue weighted by molar-refractivity contribution is -0.143. The minimum Gasteiger partial charge on any atom is -0.466 e. The minimum atomic E-state index is -0.980. The molecule has 2 aromatic carbocycles. The largest absolute Gasteiger partial charge is 0.466 e. The molecular formula is C26H27ClN2O4S. The summed E-state index contributed by atoms with van der Waals surface area (Å²) in [5.41, 5.74) is 0.283. The highest BCUT2D eigenvalue weighted by Gasteiger charge is 2.51. The summed E-state index contributed by atoms with van der Waals surface area (Å²) < 4.78 is 6.06. The summed E-state index contributed by atoms with van der Waals surface area (Å²) in [6.45, 7) is 4.73. The molecule has 4 rings (SSSR count). The number of amides is 2. The molecule has 178 valence electrons. The Bertz CT molecular complexity index is 1230. The molecule has 2 amide bonds. The summed E-state index contributed by atoms with van der Waals surface area (Å²) in [6.07, 6.45) is 1.21. The number of hydrogen-bond acceptors (Lipinski definition) is 5. The quantitative estimate of drug-likeness (QED) is 0.383. The second-order valence-corrected chi connectivity index (χ2v) is 9.82. The molecule has 6 nitrogen and oxygen atoms in total. The van der Waals surface area contributed by atoms with Crippen molar-refractivity contribution in [3.8, 4) is 0 Å². The Morgan fingerprint density at radius 1 is 1.18 bits per heavy atom. The number of ether oxygens (including phenoxy) is 1. The molecule has 1 aliphatic rings. The molecule has 2 heterocycles. The maximum atomic E-state index is 13.9. The van der Waals surface area contributed by atoms with Crippen LogP contribution in [0.5, 0.6) is 0 Å². The van der Waals surface area contributed by atoms with Crippen molar-refractivity contribution in [3.63, 3.8) is 0 Å². The van der Waals surface area contributed by atoms with Crippen molar-refractivity contribution < 1.29 is 19.1 Å². The van der Waals surface area contributed by atoms with E-state index in [2.05, 4.69) is 0 Å². The van der Waals surface area contributed by atoms with Gasteiger partial charge in [0.05, 0.1) is 12.2 Å². The first-order chi connectivity index (χ1) is 16.3. The van der Waals surface area contributed by atoms with Crippen molar-refractivity contribution >= 4 is 56.5 Å². The number of rotatable bonds is 8. The van der Waals surface area contributed by atoms with E-state index in [0.717, 1.165) is 10.1 Å². The number of anilines is 1. The summed E-state index contributed by atoms with van der Waals surface area (Å²) >= 11 is 7.73. The van der Waals surface area contributed by atoms with Crippen LogP contribution >= 0.6 is 22.9 Å². The summed E-state index contributed by atoms with van der Waals surface area (Å²) in [5.74, 6) is -0.619. The Labute approximate surface area is 208 Å². The van der Waals surface area contributed by atoms with E-state index >= 15 is 0 Å². The van der Waals surface area contributed by atoms with Crippen LogP contribution in [-0.2, 0) is 14.3 Å². The topological polar surface area (TPSA) is 66.9 Å². The molecule has 1 fully saturated rings. The SMILES string of the molecule is CCOC(=O)CCCN(C(=O)[C@@]1(C)CCN1C(=O)c1csc2ccccc12)c1cccc(Cl)c1. The molecule has 0 unspecified atom stereocenters. The van der Waals surface area contributed by atoms with Gasteiger partial charge in [0.15, 0.2) is 0 Å². The van der Waals surface area contributed by atoms with E-state index < -0.39 is 5.54 Å². The maximum absolute atomic E-state index is 13.9. The van der Waals surface area contributed by atoms with E-state index in [9.17, 15) is 14.4 Å². The van der Waals surface area contributed by atoms with Gasteiger partial charge < -0.3 is 14.5 Å². The van der Waals surface area contributed by atoms with Gasteiger partial charge in [-0.25, -0.2) is 0 Å². The Kier molecular flexibility index (Phi) is 7.24. The average molecular weight is 499 g/mol. The highest BCUT2D eigenvalue weighted by atomic mass is 35.5. The Morgan fingerprint density at radius 2 is 1.97 bits per heavy atom. The smallest absolute Gasteiger partial charge is 0.305 e. The zero-order chi connectivity index (χ0) is 24.3. The number of carbonyl (C=O) groups is 3. The van der Waals surface area contributed by atoms with Crippen molar-refractivity contribution in [2.75, 3.05) is 24.6 Å². The van der Waals surface area contributed by atoms with Crippen molar-refractivity contribution in [2.24, 2.45) is 0 Å². The third-order valence-electron chi connectivity index (χ3n) is 6.27. The van der Waals surface area contributed by atoms with Crippen LogP contribution in [0.25, 0.3) is 10.1 Å². The number of esters is 1. The van der Waals surface area contributed by atoms with Gasteiger partial charge in [-0.1, -0.05) is 35.9 Å². The van der Waals surface area contributed by atoms with Crippen LogP contribution in [0.3, 0.4) is 0 Å². The van der Waals surface area contributed by atoms with E-state index in [-0.39, 0.29) is 24.2 Å². The summed E-state index contributed by atoms with van der Waals surface area (Å²) in [5, 5.41) is 3.28. The molecule has 0 bridgehead atoms. The lowest BCUT2D eigenvalue weighted by Gasteiger charge is -2.50. The van der Waals surface area contributed by atoms with Crippen LogP contribution in [0.15, 0.2) is 53.9 Å². The molecule has 3 aromatic rings. The first-order valence-corrected chi connectivity index (χ1v) is 12.6. The molecule has 0 saturated carbocycles. The zero-order valence-electron chi connectivity index (χ0n) is 19.3. The second kappa shape index (κ2) is 10.2. The number of benzene rings is 2. The van der Waals surface area contributed by atoms with Crippen LogP contribution in [0.2, 0.25) is 5.02 Å². The second-order valence-electron chi connectivity index (χ2n) is 8.47. The fourth-order valence-corrected chi connectivity index (χ4v) is 5.41. The standard InChI is InChI=1S/C26H27ClN2O4S/c1-3-33-23(30)12-7-14-28(19-9-6-8-18(27)16-19)25(32)26(2)13-15-29(26)24(31)21-17-34-22-11-5-4-10-20(21)22/h4-6,8-11,16-17H,3,7,12-15H2,1-2H3/t26-/m1/s1. The van der Waals surface area contributed by atoms with Gasteiger partial charge in [-0.2, -0.15) is 0 Å². The first-order valence-electron chi connectivity index (χ1n) is 11.4. The third kappa shape index (κ3) is 4.68. The Morgan fingerprint density at radius 3 is 2.68 bits per heavy atom. The van der Waals surface area contributed by atoms with Crippen molar-refractivity contribution in [2.45, 2.75) is 38.6 Å². The number of fused-ring (bicyclic) bond motifs is 1. The lowest BCUT2D eigenvalue weighted by atomic mass is 9.84. The van der Waals surface area contributed by atoms with Gasteiger partial charge in [0.25, 0.3) is 11.8 Å². The molecule has 1 atom stereocenters. The van der Waals surface area contributed by atoms with Crippen LogP contribution < -0.4 is 4.90 Å². The molecular weight excluding hydrogens is 472 g/mol. The fraction of sp³-hybridized carbons (Fsp3) is 0.346. The van der Waals surface area contributed by atoms with Crippen molar-refractivity contribution in [1.29, 1.82) is 0 Å². The highest BCUT2D eigenvalue weighted by molar-refractivity contribution is 7.17. The van der Waals surface area contributed by atoms with Gasteiger partial charge in [0, 0.05) is 45.7 Å². The summed E-state index contributed by atoms with van der Waals surface area (Å²) in [6, 6.07) is 14.9. The molecule has 1 aliphatic heterocycles. The molecule has 0 radical (unpaired) electrons. The van der Waals surface area contributed by atoms with Crippen LogP contribution in [0.4, 0.5) is 5.69 Å². The zero-order valence-corrected chi connectivity index (χ0v) is 20.8. The van der Waals surface area contributed by atoms with E-state index in [0.29, 0.717) is 48.8 Å². The average Bonchev–Trinajstić information content (AvgIpc) is 3.25. The minimum absolute atomic E-state index is 0.142. The van der Waals surface area contributed by atoms with Crippen LogP contribution in [-0.4, -0.2) is 47.9 Å². The van der Waals surface area contributed by atoms with E-state index in [1.54, 1.807) is 34.9 Å². The predicted molar refractivity (Wildman–Crippen MR) is 136 cm³/mol. The number of thiophene rings is 1. The van der Waals surface area contributed by atoms with Gasteiger partial charge >= 0.3 is 5.97 Å².